The van der Waals surface area contributed by atoms with Gasteiger partial charge in [0.05, 0.1) is 11.0 Å². The molecule has 33 heavy (non-hydrogen) atoms. The summed E-state index contributed by atoms with van der Waals surface area (Å²) in [4.78, 5) is 13.9. The van der Waals surface area contributed by atoms with Gasteiger partial charge in [0, 0.05) is 27.1 Å². The predicted molar refractivity (Wildman–Crippen MR) is 132 cm³/mol. The SMILES string of the molecule is Clc1nc(-c2cccc3oc4ccccc4c23)nc(-n2c3ccccc3c3ccccc32)n1. The van der Waals surface area contributed by atoms with Crippen LogP contribution in [0.1, 0.15) is 0 Å². The number of aromatic nitrogens is 4. The van der Waals surface area contributed by atoms with E-state index in [-0.39, 0.29) is 5.28 Å². The first-order valence-electron chi connectivity index (χ1n) is 10.6. The Morgan fingerprint density at radius 2 is 1.24 bits per heavy atom. The van der Waals surface area contributed by atoms with E-state index in [1.54, 1.807) is 0 Å². The molecule has 4 aromatic carbocycles. The van der Waals surface area contributed by atoms with E-state index in [9.17, 15) is 0 Å². The summed E-state index contributed by atoms with van der Waals surface area (Å²) in [6, 6.07) is 30.3. The second-order valence-electron chi connectivity index (χ2n) is 7.87. The monoisotopic (exact) mass is 446 g/mol. The standard InChI is InChI=1S/C27H15ClN4O/c28-26-29-25(19-11-7-15-23-24(19)18-10-3-6-14-22(18)33-23)30-27(31-26)32-20-12-4-1-8-16(20)17-9-2-5-13-21(17)32/h1-15H. The molecule has 7 aromatic rings. The fraction of sp³-hybridized carbons (Fsp3) is 0. The number of rotatable bonds is 2. The molecule has 0 radical (unpaired) electrons. The maximum Gasteiger partial charge on any atom is 0.239 e. The second-order valence-corrected chi connectivity index (χ2v) is 8.21. The Hall–Kier alpha value is -4.22. The summed E-state index contributed by atoms with van der Waals surface area (Å²) in [5.74, 6) is 0.983. The highest BCUT2D eigenvalue weighted by molar-refractivity contribution is 6.28. The van der Waals surface area contributed by atoms with Gasteiger partial charge in [0.25, 0.3) is 0 Å². The third kappa shape index (κ3) is 2.69. The minimum absolute atomic E-state index is 0.140. The third-order valence-corrected chi connectivity index (χ3v) is 6.19. The number of nitrogens with zero attached hydrogens (tertiary/aromatic N) is 4. The molecule has 0 aliphatic carbocycles. The lowest BCUT2D eigenvalue weighted by Gasteiger charge is -2.09. The Balaban J connectivity index is 1.55. The Morgan fingerprint density at radius 1 is 0.606 bits per heavy atom. The average molecular weight is 447 g/mol. The smallest absolute Gasteiger partial charge is 0.239 e. The predicted octanol–water partition coefficient (Wildman–Crippen LogP) is 7.19. The van der Waals surface area contributed by atoms with Crippen LogP contribution in [0.3, 0.4) is 0 Å². The Morgan fingerprint density at radius 3 is 2.00 bits per heavy atom. The molecule has 3 heterocycles. The first-order chi connectivity index (χ1) is 16.3. The molecule has 0 N–H and O–H groups in total. The number of hydrogen-bond donors (Lipinski definition) is 0. The highest BCUT2D eigenvalue weighted by atomic mass is 35.5. The summed E-state index contributed by atoms with van der Waals surface area (Å²) in [5.41, 5.74) is 4.48. The maximum absolute atomic E-state index is 6.46. The minimum Gasteiger partial charge on any atom is -0.456 e. The molecule has 0 spiro atoms. The summed E-state index contributed by atoms with van der Waals surface area (Å²) in [6.07, 6.45) is 0. The quantitative estimate of drug-likeness (QED) is 0.282. The van der Waals surface area contributed by atoms with Gasteiger partial charge < -0.3 is 4.42 Å². The molecule has 0 aliphatic rings. The van der Waals surface area contributed by atoms with Crippen molar-refractivity contribution in [3.63, 3.8) is 0 Å². The molecule has 0 amide bonds. The summed E-state index contributed by atoms with van der Waals surface area (Å²) < 4.78 is 8.09. The number of benzene rings is 4. The highest BCUT2D eigenvalue weighted by Gasteiger charge is 2.18. The molecule has 0 atom stereocenters. The van der Waals surface area contributed by atoms with Crippen LogP contribution in [-0.4, -0.2) is 19.5 Å². The van der Waals surface area contributed by atoms with E-state index in [1.165, 1.54) is 0 Å². The molecule has 3 aromatic heterocycles. The van der Waals surface area contributed by atoms with Crippen LogP contribution >= 0.6 is 11.6 Å². The number of furan rings is 1. The number of para-hydroxylation sites is 3. The van der Waals surface area contributed by atoms with Gasteiger partial charge in [-0.1, -0.05) is 66.7 Å². The van der Waals surface area contributed by atoms with Gasteiger partial charge in [-0.25, -0.2) is 0 Å². The van der Waals surface area contributed by atoms with Crippen LogP contribution in [0.25, 0.3) is 61.1 Å². The largest absolute Gasteiger partial charge is 0.456 e. The van der Waals surface area contributed by atoms with Crippen molar-refractivity contribution in [3.05, 3.63) is 96.3 Å². The minimum atomic E-state index is 0.140. The van der Waals surface area contributed by atoms with Crippen molar-refractivity contribution in [3.8, 4) is 17.3 Å². The van der Waals surface area contributed by atoms with E-state index < -0.39 is 0 Å². The fourth-order valence-electron chi connectivity index (χ4n) is 4.66. The molecule has 0 unspecified atom stereocenters. The molecule has 0 fully saturated rings. The van der Waals surface area contributed by atoms with Gasteiger partial charge in [0.2, 0.25) is 11.2 Å². The van der Waals surface area contributed by atoms with Crippen LogP contribution in [0.15, 0.2) is 95.4 Å². The number of fused-ring (bicyclic) bond motifs is 6. The lowest BCUT2D eigenvalue weighted by molar-refractivity contribution is 0.669. The molecule has 0 saturated heterocycles. The van der Waals surface area contributed by atoms with Crippen molar-refractivity contribution in [1.29, 1.82) is 0 Å². The zero-order valence-corrected chi connectivity index (χ0v) is 18.0. The summed E-state index contributed by atoms with van der Waals surface area (Å²) >= 11 is 6.46. The molecular weight excluding hydrogens is 432 g/mol. The van der Waals surface area contributed by atoms with E-state index in [0.29, 0.717) is 11.8 Å². The molecule has 0 bridgehead atoms. The zero-order valence-electron chi connectivity index (χ0n) is 17.2. The van der Waals surface area contributed by atoms with Crippen LogP contribution in [0, 0.1) is 0 Å². The van der Waals surface area contributed by atoms with Crippen LogP contribution in [0.5, 0.6) is 0 Å². The zero-order chi connectivity index (χ0) is 21.9. The van der Waals surface area contributed by atoms with E-state index in [0.717, 1.165) is 49.3 Å². The lowest BCUT2D eigenvalue weighted by atomic mass is 10.1. The van der Waals surface area contributed by atoms with Gasteiger partial charge in [-0.05, 0) is 35.9 Å². The molecular formula is C27H15ClN4O. The van der Waals surface area contributed by atoms with E-state index in [4.69, 9.17) is 21.0 Å². The number of hydrogen-bond acceptors (Lipinski definition) is 4. The molecule has 0 saturated carbocycles. The van der Waals surface area contributed by atoms with Gasteiger partial charge in [0.15, 0.2) is 5.82 Å². The molecule has 156 valence electrons. The van der Waals surface area contributed by atoms with Gasteiger partial charge in [-0.15, -0.1) is 0 Å². The third-order valence-electron chi connectivity index (χ3n) is 6.02. The van der Waals surface area contributed by atoms with Crippen molar-refractivity contribution >= 4 is 55.3 Å². The Labute approximate surface area is 192 Å². The van der Waals surface area contributed by atoms with E-state index in [2.05, 4.69) is 34.2 Å². The molecule has 5 nitrogen and oxygen atoms in total. The fourth-order valence-corrected chi connectivity index (χ4v) is 4.81. The van der Waals surface area contributed by atoms with Crippen molar-refractivity contribution in [2.24, 2.45) is 0 Å². The van der Waals surface area contributed by atoms with Crippen LogP contribution in [-0.2, 0) is 0 Å². The topological polar surface area (TPSA) is 56.7 Å². The van der Waals surface area contributed by atoms with Crippen LogP contribution < -0.4 is 0 Å². The van der Waals surface area contributed by atoms with Crippen molar-refractivity contribution < 1.29 is 4.42 Å². The number of halogens is 1. The van der Waals surface area contributed by atoms with Crippen molar-refractivity contribution in [2.75, 3.05) is 0 Å². The first-order valence-corrected chi connectivity index (χ1v) is 11.0. The summed E-state index contributed by atoms with van der Waals surface area (Å²) in [5, 5.41) is 4.38. The van der Waals surface area contributed by atoms with Crippen molar-refractivity contribution in [2.45, 2.75) is 0 Å². The average Bonchev–Trinajstić information content (AvgIpc) is 3.39. The normalized spacial score (nSPS) is 11.8. The lowest BCUT2D eigenvalue weighted by Crippen LogP contribution is -2.04. The highest BCUT2D eigenvalue weighted by Crippen LogP contribution is 2.36. The van der Waals surface area contributed by atoms with Gasteiger partial charge in [-0.3, -0.25) is 4.57 Å². The van der Waals surface area contributed by atoms with E-state index >= 15 is 0 Å². The summed E-state index contributed by atoms with van der Waals surface area (Å²) in [7, 11) is 0. The van der Waals surface area contributed by atoms with Gasteiger partial charge >= 0.3 is 0 Å². The Bertz CT molecular complexity index is 1800. The maximum atomic E-state index is 6.46. The first kappa shape index (κ1) is 18.4. The van der Waals surface area contributed by atoms with Crippen LogP contribution in [0.2, 0.25) is 5.28 Å². The molecule has 7 rings (SSSR count). The Kier molecular flexibility index (Phi) is 3.83. The second kappa shape index (κ2) is 6.89. The van der Waals surface area contributed by atoms with Gasteiger partial charge in [0.1, 0.15) is 11.2 Å². The summed E-state index contributed by atoms with van der Waals surface area (Å²) in [6.45, 7) is 0. The van der Waals surface area contributed by atoms with Gasteiger partial charge in [-0.2, -0.15) is 15.0 Å². The molecule has 6 heteroatoms. The van der Waals surface area contributed by atoms with Crippen molar-refractivity contribution in [1.82, 2.24) is 19.5 Å². The van der Waals surface area contributed by atoms with E-state index in [1.807, 2.05) is 71.3 Å². The molecule has 0 aliphatic heterocycles. The van der Waals surface area contributed by atoms with Crippen LogP contribution in [0.4, 0.5) is 0 Å².